The number of aromatic amines is 1. The zero-order valence-electron chi connectivity index (χ0n) is 22.6. The number of nitrogens with zero attached hydrogens (tertiary/aromatic N) is 2. The number of rotatable bonds is 9. The third-order valence-corrected chi connectivity index (χ3v) is 7.24. The van der Waals surface area contributed by atoms with E-state index >= 15 is 0 Å². The third kappa shape index (κ3) is 6.46. The Bertz CT molecular complexity index is 1570. The Balaban J connectivity index is 1.36. The summed E-state index contributed by atoms with van der Waals surface area (Å²) in [4.78, 5) is 39.5. The van der Waals surface area contributed by atoms with Crippen molar-refractivity contribution in [1.82, 2.24) is 15.4 Å². The van der Waals surface area contributed by atoms with Crippen LogP contribution in [-0.4, -0.2) is 75.1 Å². The maximum absolute atomic E-state index is 12.6. The molecule has 2 heterocycles. The number of hydrogen-bond donors (Lipinski definition) is 5. The number of carboxylic acids is 1. The Morgan fingerprint density at radius 3 is 2.44 bits per heavy atom. The number of H-pyrrole nitrogens is 1. The van der Waals surface area contributed by atoms with E-state index in [0.29, 0.717) is 52.1 Å². The van der Waals surface area contributed by atoms with Crippen LogP contribution in [0.15, 0.2) is 71.7 Å². The highest BCUT2D eigenvalue weighted by atomic mass is 16.7. The summed E-state index contributed by atoms with van der Waals surface area (Å²) in [5.74, 6) is -1.55. The van der Waals surface area contributed by atoms with Gasteiger partial charge in [0.1, 0.15) is 0 Å². The number of aromatic carboxylic acids is 1. The number of amides is 1. The van der Waals surface area contributed by atoms with Gasteiger partial charge in [-0.15, -0.1) is 0 Å². The number of hydrogen-bond acceptors (Lipinski definition) is 7. The van der Waals surface area contributed by atoms with Crippen molar-refractivity contribution >= 4 is 34.2 Å². The first-order valence-electron chi connectivity index (χ1n) is 13.5. The molecule has 3 aromatic carbocycles. The van der Waals surface area contributed by atoms with Crippen molar-refractivity contribution in [2.45, 2.75) is 25.9 Å². The molecule has 1 aliphatic heterocycles. The van der Waals surface area contributed by atoms with Gasteiger partial charge in [-0.25, -0.2) is 15.3 Å². The summed E-state index contributed by atoms with van der Waals surface area (Å²) in [7, 11) is 0. The van der Waals surface area contributed by atoms with Crippen LogP contribution >= 0.6 is 0 Å². The largest absolute Gasteiger partial charge is 0.494 e. The van der Waals surface area contributed by atoms with Gasteiger partial charge >= 0.3 is 5.97 Å². The molecule has 5 rings (SSSR count). The quantitative estimate of drug-likeness (QED) is 0.118. The van der Waals surface area contributed by atoms with Crippen LogP contribution in [0.2, 0.25) is 0 Å². The number of hydroxylamine groups is 1. The monoisotopic (exact) mass is 556 g/mol. The zero-order chi connectivity index (χ0) is 28.9. The van der Waals surface area contributed by atoms with Crippen LogP contribution in [0, 0.1) is 6.92 Å². The number of likely N-dealkylation sites (tertiary alicyclic amines) is 1. The second-order valence-corrected chi connectivity index (χ2v) is 10.1. The number of aromatic hydroxyl groups is 1. The van der Waals surface area contributed by atoms with E-state index in [9.17, 15) is 24.9 Å². The number of aliphatic hydroxyl groups excluding tert-OH is 1. The van der Waals surface area contributed by atoms with Gasteiger partial charge in [0.15, 0.2) is 5.88 Å². The lowest BCUT2D eigenvalue weighted by Crippen LogP contribution is -2.38. The minimum absolute atomic E-state index is 0.126. The van der Waals surface area contributed by atoms with Crippen molar-refractivity contribution in [2.75, 3.05) is 26.2 Å². The molecule has 10 heteroatoms. The number of nitrogens with one attached hydrogen (secondary N) is 2. The molecule has 0 radical (unpaired) electrons. The molecule has 212 valence electrons. The number of benzene rings is 3. The van der Waals surface area contributed by atoms with Crippen LogP contribution < -0.4 is 5.48 Å². The van der Waals surface area contributed by atoms with Gasteiger partial charge in [-0.1, -0.05) is 30.3 Å². The first-order valence-corrected chi connectivity index (χ1v) is 13.5. The molecule has 0 spiro atoms. The third-order valence-electron chi connectivity index (χ3n) is 7.24. The second kappa shape index (κ2) is 12.3. The van der Waals surface area contributed by atoms with Crippen molar-refractivity contribution in [3.05, 3.63) is 94.5 Å². The molecule has 1 amide bonds. The van der Waals surface area contributed by atoms with E-state index < -0.39 is 5.97 Å². The lowest BCUT2D eigenvalue weighted by atomic mass is 9.98. The minimum atomic E-state index is -1.05. The summed E-state index contributed by atoms with van der Waals surface area (Å²) in [5.41, 5.74) is 6.30. The maximum Gasteiger partial charge on any atom is 0.336 e. The van der Waals surface area contributed by atoms with Crippen molar-refractivity contribution in [3.8, 4) is 5.88 Å². The van der Waals surface area contributed by atoms with Crippen LogP contribution in [-0.2, 0) is 4.84 Å². The van der Waals surface area contributed by atoms with Crippen LogP contribution in [0.3, 0.4) is 0 Å². The Morgan fingerprint density at radius 1 is 1.05 bits per heavy atom. The Hall–Kier alpha value is -4.51. The second-order valence-electron chi connectivity index (χ2n) is 10.1. The lowest BCUT2D eigenvalue weighted by Gasteiger charge is -2.29. The number of carboxylic acid groups (broad SMARTS) is 1. The predicted molar refractivity (Wildman–Crippen MR) is 155 cm³/mol. The van der Waals surface area contributed by atoms with Crippen LogP contribution in [0.4, 0.5) is 5.69 Å². The number of piperidine rings is 1. The Morgan fingerprint density at radius 2 is 1.76 bits per heavy atom. The van der Waals surface area contributed by atoms with E-state index in [0.717, 1.165) is 31.5 Å². The highest BCUT2D eigenvalue weighted by molar-refractivity contribution is 6.22. The van der Waals surface area contributed by atoms with Gasteiger partial charge in [0.25, 0.3) is 5.91 Å². The van der Waals surface area contributed by atoms with E-state index in [-0.39, 0.29) is 23.5 Å². The molecule has 0 bridgehead atoms. The fourth-order valence-corrected chi connectivity index (χ4v) is 4.98. The molecule has 1 saturated heterocycles. The molecule has 0 unspecified atom stereocenters. The molecular weight excluding hydrogens is 524 g/mol. The number of fused-ring (bicyclic) bond motifs is 1. The van der Waals surface area contributed by atoms with E-state index in [1.165, 1.54) is 6.07 Å². The standard InChI is InChI=1S/C31H32N4O6/c1-19-17-25-26(18-24(19)31(39)40)33-30(38)27(25)28(20-5-3-2-4-6-20)32-22-9-7-21(8-10-22)29(37)34-41-16-15-35-13-11-23(36)12-14-35/h2-10,17-18,23,33,36,38H,11-16H2,1H3,(H,34,37)(H,39,40). The molecule has 10 nitrogen and oxygen atoms in total. The van der Waals surface area contributed by atoms with Gasteiger partial charge in [0.2, 0.25) is 0 Å². The lowest BCUT2D eigenvalue weighted by molar-refractivity contribution is 0.0132. The van der Waals surface area contributed by atoms with Crippen molar-refractivity contribution in [2.24, 2.45) is 4.99 Å². The van der Waals surface area contributed by atoms with Gasteiger partial charge in [-0.2, -0.15) is 0 Å². The molecule has 5 N–H and O–H groups in total. The van der Waals surface area contributed by atoms with Crippen molar-refractivity contribution in [3.63, 3.8) is 0 Å². The van der Waals surface area contributed by atoms with Crippen LogP contribution in [0.25, 0.3) is 10.9 Å². The summed E-state index contributed by atoms with van der Waals surface area (Å²) in [6.45, 7) is 4.34. The van der Waals surface area contributed by atoms with Gasteiger partial charge in [0, 0.05) is 41.7 Å². The zero-order valence-corrected chi connectivity index (χ0v) is 22.6. The average molecular weight is 557 g/mol. The minimum Gasteiger partial charge on any atom is -0.494 e. The molecule has 0 aliphatic carbocycles. The molecule has 0 atom stereocenters. The first kappa shape index (κ1) is 28.0. The normalized spacial score (nSPS) is 14.8. The average Bonchev–Trinajstić information content (AvgIpc) is 3.29. The van der Waals surface area contributed by atoms with Crippen LogP contribution in [0.5, 0.6) is 5.88 Å². The van der Waals surface area contributed by atoms with E-state index in [2.05, 4.69) is 15.4 Å². The van der Waals surface area contributed by atoms with Crippen molar-refractivity contribution in [1.29, 1.82) is 0 Å². The molecule has 1 aliphatic rings. The van der Waals surface area contributed by atoms with Gasteiger partial charge in [-0.05, 0) is 61.7 Å². The summed E-state index contributed by atoms with van der Waals surface area (Å²) in [5, 5.41) is 30.7. The smallest absolute Gasteiger partial charge is 0.336 e. The van der Waals surface area contributed by atoms with Crippen LogP contribution in [0.1, 0.15) is 50.2 Å². The molecule has 1 aromatic heterocycles. The SMILES string of the molecule is Cc1cc2c(C(=Nc3ccc(C(=O)NOCCN4CCC(O)CC4)cc3)c3ccccc3)c(O)[nH]c2cc1C(=O)O. The van der Waals surface area contributed by atoms with Gasteiger partial charge < -0.3 is 25.2 Å². The van der Waals surface area contributed by atoms with Crippen molar-refractivity contribution < 1.29 is 29.7 Å². The highest BCUT2D eigenvalue weighted by Crippen LogP contribution is 2.33. The summed E-state index contributed by atoms with van der Waals surface area (Å²) in [6.07, 6.45) is 1.27. The number of carbonyl (C=O) groups is 2. The van der Waals surface area contributed by atoms with E-state index in [1.807, 2.05) is 30.3 Å². The number of aryl methyl sites for hydroxylation is 1. The van der Waals surface area contributed by atoms with Gasteiger partial charge in [0.05, 0.1) is 35.2 Å². The summed E-state index contributed by atoms with van der Waals surface area (Å²) < 4.78 is 0. The molecule has 41 heavy (non-hydrogen) atoms. The first-order chi connectivity index (χ1) is 19.8. The molecule has 0 saturated carbocycles. The Kier molecular flexibility index (Phi) is 8.44. The van der Waals surface area contributed by atoms with E-state index in [1.54, 1.807) is 37.3 Å². The van der Waals surface area contributed by atoms with E-state index in [4.69, 9.17) is 9.83 Å². The number of aliphatic hydroxyl groups is 1. The molecular formula is C31H32N4O6. The topological polar surface area (TPSA) is 147 Å². The van der Waals surface area contributed by atoms with Gasteiger partial charge in [-0.3, -0.25) is 9.63 Å². The Labute approximate surface area is 236 Å². The number of aliphatic imine (C=N–C) groups is 1. The molecule has 1 fully saturated rings. The fraction of sp³-hybridized carbons (Fsp3) is 0.258. The summed E-state index contributed by atoms with van der Waals surface area (Å²) in [6, 6.07) is 19.3. The fourth-order valence-electron chi connectivity index (χ4n) is 4.98. The molecule has 4 aromatic rings. The maximum atomic E-state index is 12.6. The number of aromatic nitrogens is 1. The number of carbonyl (C=O) groups excluding carboxylic acids is 1. The highest BCUT2D eigenvalue weighted by Gasteiger charge is 2.21. The predicted octanol–water partition coefficient (Wildman–Crippen LogP) is 4.17. The summed E-state index contributed by atoms with van der Waals surface area (Å²) >= 11 is 0.